The van der Waals surface area contributed by atoms with E-state index < -0.39 is 0 Å². The first-order valence-electron chi connectivity index (χ1n) is 19.5. The van der Waals surface area contributed by atoms with Crippen LogP contribution >= 0.6 is 0 Å². The number of hydrogen-bond acceptors (Lipinski definition) is 0. The highest BCUT2D eigenvalue weighted by Gasteiger charge is 2.36. The van der Waals surface area contributed by atoms with E-state index >= 15 is 0 Å². The third kappa shape index (κ3) is 3.63. The Morgan fingerprint density at radius 3 is 1.60 bits per heavy atom. The number of hydrogen-bond donors (Lipinski definition) is 0. The average molecular weight is 695 g/mol. The molecule has 1 aliphatic rings. The van der Waals surface area contributed by atoms with E-state index in [2.05, 4.69) is 184 Å². The highest BCUT2D eigenvalue weighted by molar-refractivity contribution is 6.45. The van der Waals surface area contributed by atoms with Crippen molar-refractivity contribution >= 4 is 86.2 Å². The van der Waals surface area contributed by atoms with Gasteiger partial charge in [0.15, 0.2) is 0 Å². The van der Waals surface area contributed by atoms with E-state index in [-0.39, 0.29) is 5.41 Å². The monoisotopic (exact) mass is 694 g/mol. The largest absolute Gasteiger partial charge is 0.0622 e. The van der Waals surface area contributed by atoms with E-state index in [1.54, 1.807) is 0 Å². The van der Waals surface area contributed by atoms with Crippen LogP contribution in [0.4, 0.5) is 0 Å². The Hall–Kier alpha value is -6.76. The van der Waals surface area contributed by atoms with Gasteiger partial charge in [0.25, 0.3) is 0 Å². The highest BCUT2D eigenvalue weighted by Crippen LogP contribution is 2.58. The molecule has 12 aromatic carbocycles. The van der Waals surface area contributed by atoms with Crippen molar-refractivity contribution in [3.05, 3.63) is 181 Å². The zero-order valence-corrected chi connectivity index (χ0v) is 30.7. The first-order chi connectivity index (χ1) is 27.1. The predicted octanol–water partition coefficient (Wildman–Crippen LogP) is 15.4. The Labute approximate surface area is 318 Å². The molecule has 0 nitrogen and oxygen atoms in total. The third-order valence-corrected chi connectivity index (χ3v) is 13.3. The van der Waals surface area contributed by atoms with E-state index in [9.17, 15) is 0 Å². The molecule has 1 aliphatic carbocycles. The molecule has 254 valence electrons. The minimum atomic E-state index is -0.167. The van der Waals surface area contributed by atoms with Crippen LogP contribution in [-0.2, 0) is 5.41 Å². The SMILES string of the molecule is CC1(C)c2cc3ccccc3cc2-c2ccc3c4c(-c5ccccc5)c5c(cc6c7ccccc7c7cccc5c76)c(-c5ccccc5)c4c4ccc1c2c43. The Morgan fingerprint density at radius 1 is 0.291 bits per heavy atom. The third-order valence-electron chi connectivity index (χ3n) is 13.3. The summed E-state index contributed by atoms with van der Waals surface area (Å²) in [5, 5.41) is 21.5. The van der Waals surface area contributed by atoms with Crippen LogP contribution in [0.5, 0.6) is 0 Å². The predicted molar refractivity (Wildman–Crippen MR) is 237 cm³/mol. The summed E-state index contributed by atoms with van der Waals surface area (Å²) in [5.74, 6) is 0. The molecule has 0 N–H and O–H groups in total. The van der Waals surface area contributed by atoms with Crippen molar-refractivity contribution < 1.29 is 0 Å². The lowest BCUT2D eigenvalue weighted by molar-refractivity contribution is 0.646. The van der Waals surface area contributed by atoms with E-state index in [1.807, 2.05) is 0 Å². The maximum absolute atomic E-state index is 2.54. The molecule has 0 spiro atoms. The molecule has 0 heterocycles. The lowest BCUT2D eigenvalue weighted by atomic mass is 9.67. The molecule has 0 saturated heterocycles. The van der Waals surface area contributed by atoms with E-state index in [0.29, 0.717) is 0 Å². The van der Waals surface area contributed by atoms with Gasteiger partial charge in [-0.25, -0.2) is 0 Å². The first kappa shape index (κ1) is 29.7. The van der Waals surface area contributed by atoms with Crippen LogP contribution in [0.1, 0.15) is 25.0 Å². The minimum absolute atomic E-state index is 0.167. The Morgan fingerprint density at radius 2 is 0.855 bits per heavy atom. The average Bonchev–Trinajstić information content (AvgIpc) is 3.74. The van der Waals surface area contributed by atoms with Crippen LogP contribution in [0, 0.1) is 0 Å². The van der Waals surface area contributed by atoms with Gasteiger partial charge in [-0.1, -0.05) is 166 Å². The number of rotatable bonds is 2. The summed E-state index contributed by atoms with van der Waals surface area (Å²) in [6, 6.07) is 64.4. The topological polar surface area (TPSA) is 0 Å². The molecule has 13 rings (SSSR count). The molecule has 0 unspecified atom stereocenters. The molecular formula is C55H34. The lowest BCUT2D eigenvalue weighted by Gasteiger charge is -2.35. The first-order valence-corrected chi connectivity index (χ1v) is 19.5. The second-order valence-electron chi connectivity index (χ2n) is 16.3. The molecule has 0 amide bonds. The summed E-state index contributed by atoms with van der Waals surface area (Å²) >= 11 is 0. The van der Waals surface area contributed by atoms with Gasteiger partial charge < -0.3 is 0 Å². The molecule has 0 atom stereocenters. The Balaban J connectivity index is 1.32. The summed E-state index contributed by atoms with van der Waals surface area (Å²) in [7, 11) is 0. The van der Waals surface area contributed by atoms with Crippen molar-refractivity contribution in [2.24, 2.45) is 0 Å². The van der Waals surface area contributed by atoms with Crippen LogP contribution in [-0.4, -0.2) is 0 Å². The molecule has 12 aromatic rings. The standard InChI is InChI=1S/C55H34/c1-55(2)45-27-26-41-50-40(25-24-38(52(45)50)42-28-33-18-9-10-19-34(33)29-46(42)55)54-48(32-16-7-4-8-17-32)51-39-23-13-22-37-35-20-11-12-21-36(35)43(49(37)39)30-44(51)47(53(41)54)31-14-5-3-6-15-31/h3-30H,1-2H3. The summed E-state index contributed by atoms with van der Waals surface area (Å²) in [5.41, 5.74) is 10.5. The Kier molecular flexibility index (Phi) is 5.53. The molecule has 0 aromatic heterocycles. The van der Waals surface area contributed by atoms with Gasteiger partial charge in [0.05, 0.1) is 0 Å². The van der Waals surface area contributed by atoms with E-state index in [0.717, 1.165) is 0 Å². The summed E-state index contributed by atoms with van der Waals surface area (Å²) < 4.78 is 0. The van der Waals surface area contributed by atoms with Crippen LogP contribution in [0.15, 0.2) is 170 Å². The quantitative estimate of drug-likeness (QED) is 0.158. The van der Waals surface area contributed by atoms with Crippen LogP contribution in [0.2, 0.25) is 0 Å². The molecule has 0 aliphatic heterocycles. The maximum atomic E-state index is 2.54. The van der Waals surface area contributed by atoms with Gasteiger partial charge in [0.1, 0.15) is 0 Å². The van der Waals surface area contributed by atoms with Crippen LogP contribution < -0.4 is 0 Å². The van der Waals surface area contributed by atoms with Crippen LogP contribution in [0.3, 0.4) is 0 Å². The number of benzene rings is 10. The summed E-state index contributed by atoms with van der Waals surface area (Å²) in [6.07, 6.45) is 0. The van der Waals surface area contributed by atoms with Crippen molar-refractivity contribution in [1.29, 1.82) is 0 Å². The zero-order chi connectivity index (χ0) is 36.2. The molecular weight excluding hydrogens is 661 g/mol. The zero-order valence-electron chi connectivity index (χ0n) is 30.7. The molecule has 55 heavy (non-hydrogen) atoms. The van der Waals surface area contributed by atoms with Gasteiger partial charge in [-0.3, -0.25) is 0 Å². The van der Waals surface area contributed by atoms with Crippen molar-refractivity contribution in [1.82, 2.24) is 0 Å². The number of fused-ring (bicyclic) bond motifs is 11. The van der Waals surface area contributed by atoms with Gasteiger partial charge >= 0.3 is 0 Å². The summed E-state index contributed by atoms with van der Waals surface area (Å²) in [4.78, 5) is 0. The maximum Gasteiger partial charge on any atom is 0.0159 e. The fourth-order valence-electron chi connectivity index (χ4n) is 11.0. The van der Waals surface area contributed by atoms with Crippen molar-refractivity contribution in [2.75, 3.05) is 0 Å². The van der Waals surface area contributed by atoms with Crippen LogP contribution in [0.25, 0.3) is 120 Å². The van der Waals surface area contributed by atoms with E-state index in [1.165, 1.54) is 131 Å². The van der Waals surface area contributed by atoms with E-state index in [4.69, 9.17) is 0 Å². The van der Waals surface area contributed by atoms with Gasteiger partial charge in [-0.15, -0.1) is 0 Å². The highest BCUT2D eigenvalue weighted by atomic mass is 14.4. The molecule has 0 radical (unpaired) electrons. The second-order valence-corrected chi connectivity index (χ2v) is 16.3. The van der Waals surface area contributed by atoms with Gasteiger partial charge in [0.2, 0.25) is 0 Å². The fourth-order valence-corrected chi connectivity index (χ4v) is 11.0. The molecule has 0 bridgehead atoms. The second kappa shape index (κ2) is 10.3. The van der Waals surface area contributed by atoms with Gasteiger partial charge in [0, 0.05) is 5.41 Å². The van der Waals surface area contributed by atoms with Crippen molar-refractivity contribution in [2.45, 2.75) is 19.3 Å². The fraction of sp³-hybridized carbons (Fsp3) is 0.0545. The van der Waals surface area contributed by atoms with Gasteiger partial charge in [-0.2, -0.15) is 0 Å². The molecule has 0 saturated carbocycles. The lowest BCUT2D eigenvalue weighted by Crippen LogP contribution is -2.23. The van der Waals surface area contributed by atoms with Gasteiger partial charge in [-0.05, 0) is 149 Å². The minimum Gasteiger partial charge on any atom is -0.0622 e. The smallest absolute Gasteiger partial charge is 0.0159 e. The molecule has 0 fully saturated rings. The molecule has 0 heteroatoms. The summed E-state index contributed by atoms with van der Waals surface area (Å²) in [6.45, 7) is 4.85. The van der Waals surface area contributed by atoms with Crippen molar-refractivity contribution in [3.8, 4) is 33.4 Å². The Bertz CT molecular complexity index is 3590. The normalized spacial score (nSPS) is 13.8. The van der Waals surface area contributed by atoms with Crippen molar-refractivity contribution in [3.63, 3.8) is 0 Å².